The van der Waals surface area contributed by atoms with Crippen molar-refractivity contribution in [3.8, 4) is 6.07 Å². The number of nitrogens with zero attached hydrogens (tertiary/aromatic N) is 3. The lowest BCUT2D eigenvalue weighted by atomic mass is 10.1. The van der Waals surface area contributed by atoms with E-state index in [0.717, 1.165) is 30.8 Å². The topological polar surface area (TPSA) is 55.7 Å². The van der Waals surface area contributed by atoms with Crippen molar-refractivity contribution in [3.63, 3.8) is 0 Å². The Labute approximate surface area is 99.5 Å². The van der Waals surface area contributed by atoms with Crippen LogP contribution in [0.4, 0.5) is 5.69 Å². The van der Waals surface area contributed by atoms with E-state index in [1.807, 2.05) is 18.3 Å². The van der Waals surface area contributed by atoms with Crippen molar-refractivity contribution in [3.05, 3.63) is 47.5 Å². The fourth-order valence-corrected chi connectivity index (χ4v) is 2.26. The molecule has 0 aliphatic carbocycles. The van der Waals surface area contributed by atoms with Crippen molar-refractivity contribution in [1.29, 1.82) is 5.26 Å². The van der Waals surface area contributed by atoms with Crippen LogP contribution in [0.2, 0.25) is 0 Å². The van der Waals surface area contributed by atoms with Crippen LogP contribution in [0.3, 0.4) is 0 Å². The fourth-order valence-electron chi connectivity index (χ4n) is 2.26. The molecule has 2 heterocycles. The minimum Gasteiger partial charge on any atom is -0.365 e. The van der Waals surface area contributed by atoms with Gasteiger partial charge >= 0.3 is 0 Å². The first-order chi connectivity index (χ1) is 8.36. The van der Waals surface area contributed by atoms with E-state index in [1.54, 1.807) is 6.33 Å². The number of nitriles is 1. The molecule has 0 fully saturated rings. The van der Waals surface area contributed by atoms with E-state index in [1.165, 1.54) is 11.3 Å². The Morgan fingerprint density at radius 2 is 2.41 bits per heavy atom. The van der Waals surface area contributed by atoms with Gasteiger partial charge in [0.1, 0.15) is 0 Å². The lowest BCUT2D eigenvalue weighted by Crippen LogP contribution is -2.19. The van der Waals surface area contributed by atoms with Gasteiger partial charge in [-0.15, -0.1) is 0 Å². The van der Waals surface area contributed by atoms with Crippen molar-refractivity contribution < 1.29 is 0 Å². The molecule has 17 heavy (non-hydrogen) atoms. The van der Waals surface area contributed by atoms with Crippen LogP contribution in [0.1, 0.15) is 16.8 Å². The molecule has 0 amide bonds. The van der Waals surface area contributed by atoms with Gasteiger partial charge < -0.3 is 9.88 Å². The van der Waals surface area contributed by atoms with Crippen LogP contribution < -0.4 is 4.90 Å². The summed E-state index contributed by atoms with van der Waals surface area (Å²) >= 11 is 0. The molecule has 1 aromatic heterocycles. The Bertz CT molecular complexity index is 566. The molecule has 1 aromatic carbocycles. The van der Waals surface area contributed by atoms with E-state index in [0.29, 0.717) is 0 Å². The lowest BCUT2D eigenvalue weighted by molar-refractivity contribution is 0.819. The average Bonchev–Trinajstić information content (AvgIpc) is 2.99. The first-order valence-electron chi connectivity index (χ1n) is 5.62. The van der Waals surface area contributed by atoms with E-state index >= 15 is 0 Å². The Morgan fingerprint density at radius 3 is 3.18 bits per heavy atom. The fraction of sp³-hybridized carbons (Fsp3) is 0.231. The summed E-state index contributed by atoms with van der Waals surface area (Å²) in [5, 5.41) is 8.93. The smallest absolute Gasteiger partial charge is 0.0992 e. The number of hydrogen-bond donors (Lipinski definition) is 1. The summed E-state index contributed by atoms with van der Waals surface area (Å²) in [4.78, 5) is 9.41. The van der Waals surface area contributed by atoms with Crippen LogP contribution in [0, 0.1) is 11.3 Å². The van der Waals surface area contributed by atoms with Gasteiger partial charge in [-0.25, -0.2) is 4.98 Å². The van der Waals surface area contributed by atoms with Crippen molar-refractivity contribution in [2.24, 2.45) is 0 Å². The molecule has 3 rings (SSSR count). The quantitative estimate of drug-likeness (QED) is 0.846. The van der Waals surface area contributed by atoms with Crippen molar-refractivity contribution in [2.75, 3.05) is 11.4 Å². The third kappa shape index (κ3) is 1.76. The van der Waals surface area contributed by atoms with E-state index in [-0.39, 0.29) is 0 Å². The second-order valence-electron chi connectivity index (χ2n) is 4.20. The van der Waals surface area contributed by atoms with Gasteiger partial charge in [0.05, 0.1) is 30.2 Å². The second kappa shape index (κ2) is 3.95. The van der Waals surface area contributed by atoms with Crippen LogP contribution >= 0.6 is 0 Å². The molecule has 2 aromatic rings. The first kappa shape index (κ1) is 9.91. The largest absolute Gasteiger partial charge is 0.365 e. The Balaban J connectivity index is 1.90. The SMILES string of the molecule is N#Cc1ccc2c(c1)N(Cc1cnc[nH]1)CC2. The van der Waals surface area contributed by atoms with Gasteiger partial charge in [0.15, 0.2) is 0 Å². The number of aromatic nitrogens is 2. The molecule has 84 valence electrons. The van der Waals surface area contributed by atoms with Gasteiger partial charge in [-0.2, -0.15) is 5.26 Å². The third-order valence-electron chi connectivity index (χ3n) is 3.12. The molecule has 1 aliphatic rings. The summed E-state index contributed by atoms with van der Waals surface area (Å²) in [7, 11) is 0. The maximum Gasteiger partial charge on any atom is 0.0992 e. The number of rotatable bonds is 2. The first-order valence-corrected chi connectivity index (χ1v) is 5.62. The Kier molecular flexibility index (Phi) is 2.30. The van der Waals surface area contributed by atoms with Crippen molar-refractivity contribution in [2.45, 2.75) is 13.0 Å². The average molecular weight is 224 g/mol. The molecule has 0 bridgehead atoms. The van der Waals surface area contributed by atoms with Crippen molar-refractivity contribution in [1.82, 2.24) is 9.97 Å². The number of imidazole rings is 1. The van der Waals surface area contributed by atoms with Gasteiger partial charge in [0.25, 0.3) is 0 Å². The lowest BCUT2D eigenvalue weighted by Gasteiger charge is -2.18. The van der Waals surface area contributed by atoms with E-state index < -0.39 is 0 Å². The zero-order chi connectivity index (χ0) is 11.7. The number of benzene rings is 1. The molecule has 0 atom stereocenters. The molecular weight excluding hydrogens is 212 g/mol. The highest BCUT2D eigenvalue weighted by molar-refractivity contribution is 5.61. The van der Waals surface area contributed by atoms with Gasteiger partial charge in [0.2, 0.25) is 0 Å². The standard InChI is InChI=1S/C13H12N4/c14-6-10-1-2-11-3-4-17(13(11)5-10)8-12-7-15-9-16-12/h1-2,5,7,9H,3-4,8H2,(H,15,16). The number of aromatic amines is 1. The highest BCUT2D eigenvalue weighted by Gasteiger charge is 2.19. The number of anilines is 1. The minimum absolute atomic E-state index is 0.722. The van der Waals surface area contributed by atoms with Crippen LogP contribution in [0.5, 0.6) is 0 Å². The predicted octanol–water partition coefficient (Wildman–Crippen LogP) is 1.84. The molecule has 1 aliphatic heterocycles. The summed E-state index contributed by atoms with van der Waals surface area (Å²) in [6, 6.07) is 8.10. The number of fused-ring (bicyclic) bond motifs is 1. The van der Waals surface area contributed by atoms with E-state index in [4.69, 9.17) is 5.26 Å². The molecule has 0 unspecified atom stereocenters. The summed E-state index contributed by atoms with van der Waals surface area (Å²) in [6.45, 7) is 1.82. The molecule has 0 saturated heterocycles. The Morgan fingerprint density at radius 1 is 1.47 bits per heavy atom. The van der Waals surface area contributed by atoms with Crippen LogP contribution in [-0.4, -0.2) is 16.5 Å². The maximum absolute atomic E-state index is 8.93. The number of H-pyrrole nitrogens is 1. The molecule has 4 heteroatoms. The maximum atomic E-state index is 8.93. The molecule has 1 N–H and O–H groups in total. The Hall–Kier alpha value is -2.28. The number of hydrogen-bond acceptors (Lipinski definition) is 3. The summed E-state index contributed by atoms with van der Waals surface area (Å²) in [5.41, 5.74) is 4.32. The monoisotopic (exact) mass is 224 g/mol. The highest BCUT2D eigenvalue weighted by Crippen LogP contribution is 2.29. The van der Waals surface area contributed by atoms with Crippen molar-refractivity contribution >= 4 is 5.69 Å². The van der Waals surface area contributed by atoms with E-state index in [2.05, 4.69) is 27.0 Å². The van der Waals surface area contributed by atoms with Gasteiger partial charge in [-0.05, 0) is 24.1 Å². The molecule has 0 saturated carbocycles. The molecule has 0 radical (unpaired) electrons. The molecule has 0 spiro atoms. The number of nitrogens with one attached hydrogen (secondary N) is 1. The summed E-state index contributed by atoms with van der Waals surface area (Å²) < 4.78 is 0. The summed E-state index contributed by atoms with van der Waals surface area (Å²) in [6.07, 6.45) is 4.58. The summed E-state index contributed by atoms with van der Waals surface area (Å²) in [5.74, 6) is 0. The molecule has 4 nitrogen and oxygen atoms in total. The highest BCUT2D eigenvalue weighted by atomic mass is 15.2. The van der Waals surface area contributed by atoms with Gasteiger partial charge in [-0.1, -0.05) is 6.07 Å². The van der Waals surface area contributed by atoms with Gasteiger partial charge in [0, 0.05) is 18.4 Å². The van der Waals surface area contributed by atoms with Crippen LogP contribution in [0.15, 0.2) is 30.7 Å². The molecular formula is C13H12N4. The minimum atomic E-state index is 0.722. The zero-order valence-electron chi connectivity index (χ0n) is 9.35. The van der Waals surface area contributed by atoms with Gasteiger partial charge in [-0.3, -0.25) is 0 Å². The normalized spacial score (nSPS) is 13.5. The third-order valence-corrected chi connectivity index (χ3v) is 3.12. The zero-order valence-corrected chi connectivity index (χ0v) is 9.35. The second-order valence-corrected chi connectivity index (χ2v) is 4.20. The van der Waals surface area contributed by atoms with Crippen LogP contribution in [-0.2, 0) is 13.0 Å². The van der Waals surface area contributed by atoms with E-state index in [9.17, 15) is 0 Å². The predicted molar refractivity (Wildman–Crippen MR) is 64.5 cm³/mol. The van der Waals surface area contributed by atoms with Crippen LogP contribution in [0.25, 0.3) is 0 Å².